The zero-order valence-corrected chi connectivity index (χ0v) is 13.3. The molecule has 0 aliphatic carbocycles. The van der Waals surface area contributed by atoms with Crippen molar-refractivity contribution in [3.63, 3.8) is 0 Å². The van der Waals surface area contributed by atoms with Crippen LogP contribution in [0.15, 0.2) is 6.20 Å². The number of hydrogen-bond acceptors (Lipinski definition) is 4. The standard InChI is InChI=1S/C15H26N4O2/c1-5-16-15(20)12-8-11(6-7-17-12)14-13(21-4)9-18-19(14)10(2)3/h9-12,17H,5-8H2,1-4H3,(H,16,20). The summed E-state index contributed by atoms with van der Waals surface area (Å²) in [5.41, 5.74) is 1.11. The van der Waals surface area contributed by atoms with Crippen molar-refractivity contribution in [2.45, 2.75) is 51.6 Å². The number of rotatable bonds is 5. The molecule has 0 radical (unpaired) electrons. The first-order chi connectivity index (χ1) is 10.1. The fraction of sp³-hybridized carbons (Fsp3) is 0.733. The van der Waals surface area contributed by atoms with Crippen molar-refractivity contribution in [1.29, 1.82) is 0 Å². The number of carbonyl (C=O) groups is 1. The summed E-state index contributed by atoms with van der Waals surface area (Å²) in [7, 11) is 1.67. The van der Waals surface area contributed by atoms with Crippen molar-refractivity contribution in [1.82, 2.24) is 20.4 Å². The van der Waals surface area contributed by atoms with Gasteiger partial charge in [-0.15, -0.1) is 0 Å². The maximum Gasteiger partial charge on any atom is 0.237 e. The van der Waals surface area contributed by atoms with E-state index in [2.05, 4.69) is 29.6 Å². The summed E-state index contributed by atoms with van der Waals surface area (Å²) in [5, 5.41) is 10.6. The fourth-order valence-electron chi connectivity index (χ4n) is 2.98. The van der Waals surface area contributed by atoms with Crippen LogP contribution in [-0.2, 0) is 4.79 Å². The van der Waals surface area contributed by atoms with Gasteiger partial charge < -0.3 is 15.4 Å². The van der Waals surface area contributed by atoms with Crippen LogP contribution in [0, 0.1) is 0 Å². The van der Waals surface area contributed by atoms with Crippen molar-refractivity contribution in [3.05, 3.63) is 11.9 Å². The smallest absolute Gasteiger partial charge is 0.237 e. The Morgan fingerprint density at radius 3 is 3.00 bits per heavy atom. The molecule has 2 atom stereocenters. The first-order valence-electron chi connectivity index (χ1n) is 7.70. The van der Waals surface area contributed by atoms with Crippen LogP contribution in [0.1, 0.15) is 51.3 Å². The molecule has 1 aromatic heterocycles. The van der Waals surface area contributed by atoms with Gasteiger partial charge in [-0.25, -0.2) is 0 Å². The number of hydrogen-bond donors (Lipinski definition) is 2. The highest BCUT2D eigenvalue weighted by atomic mass is 16.5. The summed E-state index contributed by atoms with van der Waals surface area (Å²) >= 11 is 0. The van der Waals surface area contributed by atoms with E-state index >= 15 is 0 Å². The average Bonchev–Trinajstić information content (AvgIpc) is 2.91. The number of ether oxygens (including phenoxy) is 1. The highest BCUT2D eigenvalue weighted by molar-refractivity contribution is 5.81. The molecule has 1 amide bonds. The molecule has 1 aliphatic heterocycles. The third-order valence-corrected chi connectivity index (χ3v) is 3.97. The second kappa shape index (κ2) is 6.93. The third-order valence-electron chi connectivity index (χ3n) is 3.97. The predicted octanol–water partition coefficient (Wildman–Crippen LogP) is 1.44. The molecule has 1 saturated heterocycles. The van der Waals surface area contributed by atoms with Gasteiger partial charge in [-0.05, 0) is 40.2 Å². The Balaban J connectivity index is 2.21. The molecule has 6 nitrogen and oxygen atoms in total. The number of methoxy groups -OCH3 is 1. The van der Waals surface area contributed by atoms with Gasteiger partial charge in [-0.1, -0.05) is 0 Å². The van der Waals surface area contributed by atoms with Crippen molar-refractivity contribution < 1.29 is 9.53 Å². The number of likely N-dealkylation sites (N-methyl/N-ethyl adjacent to an activating group) is 1. The number of amides is 1. The number of carbonyl (C=O) groups excluding carboxylic acids is 1. The van der Waals surface area contributed by atoms with E-state index in [1.54, 1.807) is 13.3 Å². The molecule has 0 spiro atoms. The predicted molar refractivity (Wildman–Crippen MR) is 81.6 cm³/mol. The summed E-state index contributed by atoms with van der Waals surface area (Å²) in [5.74, 6) is 1.20. The molecule has 2 rings (SSSR count). The van der Waals surface area contributed by atoms with Gasteiger partial charge in [-0.3, -0.25) is 9.48 Å². The van der Waals surface area contributed by atoms with E-state index in [4.69, 9.17) is 4.74 Å². The quantitative estimate of drug-likeness (QED) is 0.862. The van der Waals surface area contributed by atoms with Gasteiger partial charge in [0.2, 0.25) is 5.91 Å². The molecule has 1 aromatic rings. The lowest BCUT2D eigenvalue weighted by Crippen LogP contribution is -2.48. The molecule has 2 N–H and O–H groups in total. The van der Waals surface area contributed by atoms with Crippen molar-refractivity contribution in [3.8, 4) is 5.75 Å². The highest BCUT2D eigenvalue weighted by Crippen LogP contribution is 2.35. The lowest BCUT2D eigenvalue weighted by Gasteiger charge is -2.30. The summed E-state index contributed by atoms with van der Waals surface area (Å²) in [6.45, 7) is 7.65. The molecule has 0 saturated carbocycles. The minimum atomic E-state index is -0.135. The van der Waals surface area contributed by atoms with Crippen molar-refractivity contribution in [2.75, 3.05) is 20.2 Å². The summed E-state index contributed by atoms with van der Waals surface area (Å²) in [6.07, 6.45) is 3.55. The van der Waals surface area contributed by atoms with Crippen LogP contribution in [0.25, 0.3) is 0 Å². The van der Waals surface area contributed by atoms with Gasteiger partial charge >= 0.3 is 0 Å². The molecule has 21 heavy (non-hydrogen) atoms. The van der Waals surface area contributed by atoms with Crippen LogP contribution >= 0.6 is 0 Å². The van der Waals surface area contributed by atoms with Crippen LogP contribution < -0.4 is 15.4 Å². The third kappa shape index (κ3) is 3.37. The van der Waals surface area contributed by atoms with Gasteiger partial charge in [0.1, 0.15) is 0 Å². The SMILES string of the molecule is CCNC(=O)C1CC(c2c(OC)cnn2C(C)C)CCN1. The Labute approximate surface area is 126 Å². The van der Waals surface area contributed by atoms with E-state index < -0.39 is 0 Å². The molecule has 118 valence electrons. The largest absolute Gasteiger partial charge is 0.493 e. The number of aromatic nitrogens is 2. The minimum absolute atomic E-state index is 0.0804. The Hall–Kier alpha value is -1.56. The molecular weight excluding hydrogens is 268 g/mol. The van der Waals surface area contributed by atoms with Crippen LogP contribution in [0.5, 0.6) is 5.75 Å². The number of piperidine rings is 1. The molecule has 1 aliphatic rings. The zero-order valence-electron chi connectivity index (χ0n) is 13.3. The number of nitrogens with one attached hydrogen (secondary N) is 2. The lowest BCUT2D eigenvalue weighted by atomic mass is 9.88. The van der Waals surface area contributed by atoms with E-state index in [9.17, 15) is 4.79 Å². The second-order valence-corrected chi connectivity index (χ2v) is 5.76. The van der Waals surface area contributed by atoms with Gasteiger partial charge in [0, 0.05) is 18.5 Å². The Morgan fingerprint density at radius 2 is 2.38 bits per heavy atom. The Kier molecular flexibility index (Phi) is 5.22. The summed E-state index contributed by atoms with van der Waals surface area (Å²) in [6, 6.07) is 0.144. The van der Waals surface area contributed by atoms with E-state index in [1.165, 1.54) is 0 Å². The van der Waals surface area contributed by atoms with Crippen LogP contribution in [0.2, 0.25) is 0 Å². The normalized spacial score (nSPS) is 22.3. The maximum atomic E-state index is 12.1. The van der Waals surface area contributed by atoms with Crippen molar-refractivity contribution in [2.24, 2.45) is 0 Å². The number of nitrogens with zero attached hydrogens (tertiary/aromatic N) is 2. The van der Waals surface area contributed by atoms with Crippen molar-refractivity contribution >= 4 is 5.91 Å². The monoisotopic (exact) mass is 294 g/mol. The summed E-state index contributed by atoms with van der Waals surface area (Å²) in [4.78, 5) is 12.1. The van der Waals surface area contributed by atoms with E-state index in [1.807, 2.05) is 11.6 Å². The van der Waals surface area contributed by atoms with Gasteiger partial charge in [0.15, 0.2) is 5.75 Å². The van der Waals surface area contributed by atoms with E-state index in [-0.39, 0.29) is 18.0 Å². The average molecular weight is 294 g/mol. The molecule has 0 bridgehead atoms. The molecule has 6 heteroatoms. The van der Waals surface area contributed by atoms with Crippen LogP contribution in [-0.4, -0.2) is 41.9 Å². The fourth-order valence-corrected chi connectivity index (χ4v) is 2.98. The van der Waals surface area contributed by atoms with Crippen LogP contribution in [0.4, 0.5) is 0 Å². The highest BCUT2D eigenvalue weighted by Gasteiger charge is 2.31. The molecule has 1 fully saturated rings. The maximum absolute atomic E-state index is 12.1. The van der Waals surface area contributed by atoms with Gasteiger partial charge in [-0.2, -0.15) is 5.10 Å². The van der Waals surface area contributed by atoms with Gasteiger partial charge in [0.05, 0.1) is 25.0 Å². The Bertz CT molecular complexity index is 484. The molecule has 2 unspecified atom stereocenters. The summed E-state index contributed by atoms with van der Waals surface area (Å²) < 4.78 is 7.49. The Morgan fingerprint density at radius 1 is 1.62 bits per heavy atom. The first-order valence-corrected chi connectivity index (χ1v) is 7.70. The second-order valence-electron chi connectivity index (χ2n) is 5.76. The van der Waals surface area contributed by atoms with Gasteiger partial charge in [0.25, 0.3) is 0 Å². The topological polar surface area (TPSA) is 68.2 Å². The molecular formula is C15H26N4O2. The first kappa shape index (κ1) is 15.8. The van der Waals surface area contributed by atoms with E-state index in [0.717, 1.165) is 30.8 Å². The van der Waals surface area contributed by atoms with E-state index in [0.29, 0.717) is 12.5 Å². The van der Waals surface area contributed by atoms with Crippen LogP contribution in [0.3, 0.4) is 0 Å². The molecule has 2 heterocycles. The lowest BCUT2D eigenvalue weighted by molar-refractivity contribution is -0.123. The minimum Gasteiger partial charge on any atom is -0.493 e. The molecule has 0 aromatic carbocycles. The zero-order chi connectivity index (χ0) is 15.4.